The molecule has 0 aliphatic heterocycles. The molecule has 0 unspecified atom stereocenters. The van der Waals surface area contributed by atoms with E-state index >= 15 is 0 Å². The van der Waals surface area contributed by atoms with Crippen LogP contribution in [-0.2, 0) is 0 Å². The minimum atomic E-state index is -4.39. The van der Waals surface area contributed by atoms with Gasteiger partial charge in [-0.25, -0.2) is 4.79 Å². The predicted molar refractivity (Wildman–Crippen MR) is 81.0 cm³/mol. The molecular weight excluding hydrogens is 343 g/mol. The Morgan fingerprint density at radius 3 is 2.33 bits per heavy atom. The lowest BCUT2D eigenvalue weighted by molar-refractivity contribution is -0.0328. The van der Waals surface area contributed by atoms with Gasteiger partial charge in [-0.2, -0.15) is 18.4 Å². The maximum atomic E-state index is 12.3. The fraction of sp³-hybridized carbons (Fsp3) is 0.125. The van der Waals surface area contributed by atoms with Crippen molar-refractivity contribution in [3.63, 3.8) is 0 Å². The van der Waals surface area contributed by atoms with Gasteiger partial charge in [0.15, 0.2) is 11.5 Å². The van der Waals surface area contributed by atoms with Gasteiger partial charge < -0.3 is 9.47 Å². The predicted octanol–water partition coefficient (Wildman–Crippen LogP) is 4.40. The molecule has 2 aromatic rings. The van der Waals surface area contributed by atoms with Gasteiger partial charge in [-0.15, -0.1) is 0 Å². The summed E-state index contributed by atoms with van der Waals surface area (Å²) in [5, 5.41) is 8.82. The zero-order chi connectivity index (χ0) is 17.7. The lowest BCUT2D eigenvalue weighted by Gasteiger charge is -2.10. The van der Waals surface area contributed by atoms with Crippen molar-refractivity contribution in [3.05, 3.63) is 53.6 Å². The monoisotopic (exact) mass is 353 g/mol. The van der Waals surface area contributed by atoms with Crippen LogP contribution in [0.3, 0.4) is 0 Å². The van der Waals surface area contributed by atoms with Crippen LogP contribution in [0.1, 0.15) is 15.9 Å². The van der Waals surface area contributed by atoms with Crippen LogP contribution in [0.5, 0.6) is 11.5 Å². The Balaban J connectivity index is 2.14. The number of rotatable bonds is 4. The van der Waals surface area contributed by atoms with Gasteiger partial charge in [-0.3, -0.25) is 0 Å². The largest absolute Gasteiger partial charge is 0.493 e. The first-order chi connectivity index (χ1) is 11.3. The van der Waals surface area contributed by atoms with Crippen LogP contribution >= 0.6 is 11.8 Å². The molecule has 4 nitrogen and oxygen atoms in total. The summed E-state index contributed by atoms with van der Waals surface area (Å²) in [5.74, 6) is -0.441. The molecule has 2 rings (SSSR count). The van der Waals surface area contributed by atoms with Crippen molar-refractivity contribution in [2.45, 2.75) is 10.4 Å². The van der Waals surface area contributed by atoms with Crippen molar-refractivity contribution in [1.29, 1.82) is 5.26 Å². The number of alkyl halides is 3. The van der Waals surface area contributed by atoms with Crippen LogP contribution in [0, 0.1) is 11.3 Å². The second-order valence-electron chi connectivity index (χ2n) is 4.44. The van der Waals surface area contributed by atoms with Crippen molar-refractivity contribution in [3.8, 4) is 17.6 Å². The number of hydrogen-bond donors (Lipinski definition) is 0. The first-order valence-corrected chi connectivity index (χ1v) is 7.30. The molecule has 0 aliphatic carbocycles. The van der Waals surface area contributed by atoms with Crippen molar-refractivity contribution < 1.29 is 27.4 Å². The average Bonchev–Trinajstić information content (AvgIpc) is 2.54. The lowest BCUT2D eigenvalue weighted by Crippen LogP contribution is -2.09. The maximum absolute atomic E-state index is 12.3. The smallest absolute Gasteiger partial charge is 0.446 e. The Bertz CT molecular complexity index is 783. The number of esters is 1. The summed E-state index contributed by atoms with van der Waals surface area (Å²) in [7, 11) is 1.36. The number of nitriles is 1. The van der Waals surface area contributed by atoms with E-state index < -0.39 is 11.5 Å². The summed E-state index contributed by atoms with van der Waals surface area (Å²) in [4.78, 5) is 12.0. The van der Waals surface area contributed by atoms with Crippen LogP contribution < -0.4 is 9.47 Å². The van der Waals surface area contributed by atoms with Crippen LogP contribution in [0.25, 0.3) is 0 Å². The Morgan fingerprint density at radius 2 is 1.79 bits per heavy atom. The summed E-state index contributed by atoms with van der Waals surface area (Å²) >= 11 is -0.267. The zero-order valence-electron chi connectivity index (χ0n) is 12.3. The maximum Gasteiger partial charge on any atom is 0.446 e. The van der Waals surface area contributed by atoms with Gasteiger partial charge in [-0.1, -0.05) is 0 Å². The summed E-state index contributed by atoms with van der Waals surface area (Å²) in [5.41, 5.74) is -3.97. The van der Waals surface area contributed by atoms with Gasteiger partial charge >= 0.3 is 11.5 Å². The molecule has 2 aromatic carbocycles. The molecule has 124 valence electrons. The number of thioether (sulfide) groups is 1. The van der Waals surface area contributed by atoms with E-state index in [-0.39, 0.29) is 33.7 Å². The molecule has 0 radical (unpaired) electrons. The van der Waals surface area contributed by atoms with Crippen LogP contribution in [0.2, 0.25) is 0 Å². The van der Waals surface area contributed by atoms with Crippen LogP contribution in [-0.4, -0.2) is 18.6 Å². The van der Waals surface area contributed by atoms with Gasteiger partial charge in [0.1, 0.15) is 0 Å². The van der Waals surface area contributed by atoms with E-state index in [9.17, 15) is 18.0 Å². The van der Waals surface area contributed by atoms with Gasteiger partial charge in [0.25, 0.3) is 0 Å². The van der Waals surface area contributed by atoms with Gasteiger partial charge in [-0.05, 0) is 48.2 Å². The standard InChI is InChI=1S/C16H10F3NO3S/c1-22-14-8-10(9-20)2-7-13(14)23-15(21)11-3-5-12(6-4-11)24-16(17,18)19/h2-8H,1H3. The molecule has 0 bridgehead atoms. The number of methoxy groups -OCH3 is 1. The minimum Gasteiger partial charge on any atom is -0.493 e. The zero-order valence-corrected chi connectivity index (χ0v) is 13.1. The topological polar surface area (TPSA) is 59.3 Å². The molecule has 0 fully saturated rings. The quantitative estimate of drug-likeness (QED) is 0.463. The summed E-state index contributed by atoms with van der Waals surface area (Å²) in [6.07, 6.45) is 0. The molecule has 0 N–H and O–H groups in total. The molecular formula is C16H10F3NO3S. The fourth-order valence-electron chi connectivity index (χ4n) is 1.77. The third kappa shape index (κ3) is 4.67. The highest BCUT2D eigenvalue weighted by atomic mass is 32.2. The molecule has 0 spiro atoms. The number of nitrogens with zero attached hydrogens (tertiary/aromatic N) is 1. The highest BCUT2D eigenvalue weighted by molar-refractivity contribution is 8.00. The Labute approximate surface area is 139 Å². The summed E-state index contributed by atoms with van der Waals surface area (Å²) in [6, 6.07) is 11.0. The highest BCUT2D eigenvalue weighted by Gasteiger charge is 2.29. The van der Waals surface area contributed by atoms with Crippen LogP contribution in [0.4, 0.5) is 13.2 Å². The van der Waals surface area contributed by atoms with E-state index in [1.54, 1.807) is 0 Å². The van der Waals surface area contributed by atoms with Crippen molar-refractivity contribution in [1.82, 2.24) is 0 Å². The van der Waals surface area contributed by atoms with Crippen molar-refractivity contribution >= 4 is 17.7 Å². The van der Waals surface area contributed by atoms with E-state index in [1.807, 2.05) is 6.07 Å². The lowest BCUT2D eigenvalue weighted by atomic mass is 10.2. The number of carbonyl (C=O) groups is 1. The van der Waals surface area contributed by atoms with E-state index in [4.69, 9.17) is 14.7 Å². The Kier molecular flexibility index (Phi) is 5.36. The summed E-state index contributed by atoms with van der Waals surface area (Å²) < 4.78 is 47.0. The normalized spacial score (nSPS) is 10.8. The van der Waals surface area contributed by atoms with E-state index in [2.05, 4.69) is 0 Å². The first kappa shape index (κ1) is 17.7. The van der Waals surface area contributed by atoms with Gasteiger partial charge in [0.05, 0.1) is 24.3 Å². The van der Waals surface area contributed by atoms with E-state index in [1.165, 1.54) is 49.6 Å². The number of ether oxygens (including phenoxy) is 2. The number of halogens is 3. The average molecular weight is 353 g/mol. The molecule has 24 heavy (non-hydrogen) atoms. The molecule has 0 amide bonds. The van der Waals surface area contributed by atoms with Crippen LogP contribution in [0.15, 0.2) is 47.4 Å². The number of benzene rings is 2. The molecule has 0 atom stereocenters. The van der Waals surface area contributed by atoms with Crippen molar-refractivity contribution in [2.24, 2.45) is 0 Å². The Morgan fingerprint density at radius 1 is 1.12 bits per heavy atom. The van der Waals surface area contributed by atoms with Crippen molar-refractivity contribution in [2.75, 3.05) is 7.11 Å². The third-order valence-electron chi connectivity index (χ3n) is 2.82. The molecule has 0 saturated carbocycles. The fourth-order valence-corrected chi connectivity index (χ4v) is 2.31. The second kappa shape index (κ2) is 7.27. The van der Waals surface area contributed by atoms with E-state index in [0.717, 1.165) is 0 Å². The van der Waals surface area contributed by atoms with Gasteiger partial charge in [0.2, 0.25) is 0 Å². The highest BCUT2D eigenvalue weighted by Crippen LogP contribution is 2.36. The molecule has 0 aromatic heterocycles. The van der Waals surface area contributed by atoms with Gasteiger partial charge in [0, 0.05) is 11.0 Å². The second-order valence-corrected chi connectivity index (χ2v) is 5.58. The molecule has 0 heterocycles. The minimum absolute atomic E-state index is 0.0324. The molecule has 0 saturated heterocycles. The molecule has 8 heteroatoms. The van der Waals surface area contributed by atoms with E-state index in [0.29, 0.717) is 5.56 Å². The number of carbonyl (C=O) groups excluding carboxylic acids is 1. The first-order valence-electron chi connectivity index (χ1n) is 6.48. The summed E-state index contributed by atoms with van der Waals surface area (Å²) in [6.45, 7) is 0. The third-order valence-corrected chi connectivity index (χ3v) is 3.56. The Hall–Kier alpha value is -2.66. The molecule has 0 aliphatic rings. The SMILES string of the molecule is COc1cc(C#N)ccc1OC(=O)c1ccc(SC(F)(F)F)cc1. The number of hydrogen-bond acceptors (Lipinski definition) is 5.